The number of rotatable bonds is 4. The van der Waals surface area contributed by atoms with E-state index in [2.05, 4.69) is 0 Å². The largest absolute Gasteiger partial charge is 0.462 e. The molecule has 2 aromatic rings. The van der Waals surface area contributed by atoms with Crippen molar-refractivity contribution in [1.82, 2.24) is 4.57 Å². The first kappa shape index (κ1) is 14.9. The lowest BCUT2D eigenvalue weighted by atomic mass is 10.2. The highest BCUT2D eigenvalue weighted by molar-refractivity contribution is 7.73. The third kappa shape index (κ3) is 3.13. The lowest BCUT2D eigenvalue weighted by Gasteiger charge is -2.07. The van der Waals surface area contributed by atoms with E-state index in [1.807, 2.05) is 11.5 Å². The van der Waals surface area contributed by atoms with Crippen molar-refractivity contribution in [3.8, 4) is 0 Å². The highest BCUT2D eigenvalue weighted by Gasteiger charge is 2.17. The summed E-state index contributed by atoms with van der Waals surface area (Å²) in [6.07, 6.45) is 0. The Morgan fingerprint density at radius 2 is 2.05 bits per heavy atom. The predicted molar refractivity (Wildman–Crippen MR) is 79.3 cm³/mol. The molecule has 2 rings (SSSR count). The van der Waals surface area contributed by atoms with E-state index in [9.17, 15) is 9.18 Å². The highest BCUT2D eigenvalue weighted by atomic mass is 32.1. The normalized spacial score (nSPS) is 10.6. The first-order valence-electron chi connectivity index (χ1n) is 6.14. The Balaban J connectivity index is 2.31. The average molecular weight is 311 g/mol. The van der Waals surface area contributed by atoms with Gasteiger partial charge in [0.15, 0.2) is 3.95 Å². The maximum Gasteiger partial charge on any atom is 0.350 e. The molecule has 0 aliphatic carbocycles. The third-order valence-electron chi connectivity index (χ3n) is 2.86. The average Bonchev–Trinajstić information content (AvgIpc) is 2.69. The van der Waals surface area contributed by atoms with Gasteiger partial charge in [0.2, 0.25) is 0 Å². The third-order valence-corrected chi connectivity index (χ3v) is 4.39. The number of ether oxygens (including phenoxy) is 1. The van der Waals surface area contributed by atoms with Crippen molar-refractivity contribution in [1.29, 1.82) is 0 Å². The standard InChI is InChI=1S/C14H14FNO2S2/c1-3-18-13(17)12-9(2)16(14(19)20-12)8-10-4-6-11(15)7-5-10/h4-7H,3,8H2,1-2H3. The second-order valence-corrected chi connectivity index (χ2v) is 5.86. The van der Waals surface area contributed by atoms with E-state index in [1.54, 1.807) is 19.1 Å². The summed E-state index contributed by atoms with van der Waals surface area (Å²) in [5, 5.41) is 0. The summed E-state index contributed by atoms with van der Waals surface area (Å²) in [5.41, 5.74) is 1.71. The smallest absolute Gasteiger partial charge is 0.350 e. The van der Waals surface area contributed by atoms with E-state index in [0.29, 0.717) is 22.0 Å². The van der Waals surface area contributed by atoms with Gasteiger partial charge in [0.05, 0.1) is 6.61 Å². The number of carbonyl (C=O) groups excluding carboxylic acids is 1. The molecular formula is C14H14FNO2S2. The number of hydrogen-bond acceptors (Lipinski definition) is 4. The lowest BCUT2D eigenvalue weighted by Crippen LogP contribution is -2.07. The van der Waals surface area contributed by atoms with Gasteiger partial charge in [-0.3, -0.25) is 0 Å². The van der Waals surface area contributed by atoms with Crippen LogP contribution in [-0.2, 0) is 11.3 Å². The molecule has 0 amide bonds. The van der Waals surface area contributed by atoms with Crippen molar-refractivity contribution in [3.63, 3.8) is 0 Å². The van der Waals surface area contributed by atoms with Crippen LogP contribution in [-0.4, -0.2) is 17.1 Å². The second-order valence-electron chi connectivity index (χ2n) is 4.22. The van der Waals surface area contributed by atoms with Crippen molar-refractivity contribution in [2.24, 2.45) is 0 Å². The van der Waals surface area contributed by atoms with Gasteiger partial charge in [-0.25, -0.2) is 9.18 Å². The molecular weight excluding hydrogens is 297 g/mol. The van der Waals surface area contributed by atoms with Crippen molar-refractivity contribution < 1.29 is 13.9 Å². The van der Waals surface area contributed by atoms with Crippen LogP contribution in [0, 0.1) is 16.7 Å². The number of thiazole rings is 1. The minimum atomic E-state index is -0.348. The lowest BCUT2D eigenvalue weighted by molar-refractivity contribution is 0.0530. The Bertz CT molecular complexity index is 673. The number of benzene rings is 1. The van der Waals surface area contributed by atoms with Gasteiger partial charge >= 0.3 is 5.97 Å². The van der Waals surface area contributed by atoms with Crippen LogP contribution in [0.4, 0.5) is 4.39 Å². The molecule has 106 valence electrons. The second kappa shape index (κ2) is 6.28. The summed E-state index contributed by atoms with van der Waals surface area (Å²) >= 11 is 6.53. The van der Waals surface area contributed by atoms with Gasteiger partial charge in [0, 0.05) is 12.2 Å². The van der Waals surface area contributed by atoms with Gasteiger partial charge in [-0.15, -0.1) is 0 Å². The minimum Gasteiger partial charge on any atom is -0.462 e. The van der Waals surface area contributed by atoms with Crippen LogP contribution in [0.1, 0.15) is 27.9 Å². The Morgan fingerprint density at radius 3 is 2.65 bits per heavy atom. The van der Waals surface area contributed by atoms with Crippen LogP contribution in [0.2, 0.25) is 0 Å². The summed E-state index contributed by atoms with van der Waals surface area (Å²) in [6, 6.07) is 6.23. The zero-order valence-corrected chi connectivity index (χ0v) is 12.8. The molecule has 0 N–H and O–H groups in total. The Hall–Kier alpha value is -1.53. The predicted octanol–water partition coefficient (Wildman–Crippen LogP) is 3.95. The molecule has 0 saturated heterocycles. The SMILES string of the molecule is CCOC(=O)c1sc(=S)n(Cc2ccc(F)cc2)c1C. The van der Waals surface area contributed by atoms with Gasteiger partial charge in [0.1, 0.15) is 10.7 Å². The molecule has 0 unspecified atom stereocenters. The fraction of sp³-hybridized carbons (Fsp3) is 0.286. The molecule has 0 aliphatic heterocycles. The van der Waals surface area contributed by atoms with Gasteiger partial charge in [-0.2, -0.15) is 0 Å². The maximum absolute atomic E-state index is 12.9. The molecule has 0 saturated carbocycles. The molecule has 1 aromatic heterocycles. The summed E-state index contributed by atoms with van der Waals surface area (Å²) in [7, 11) is 0. The molecule has 3 nitrogen and oxygen atoms in total. The first-order chi connectivity index (χ1) is 9.52. The van der Waals surface area contributed by atoms with Crippen molar-refractivity contribution in [2.45, 2.75) is 20.4 Å². The molecule has 1 heterocycles. The molecule has 0 atom stereocenters. The topological polar surface area (TPSA) is 31.2 Å². The van der Waals surface area contributed by atoms with Crippen molar-refractivity contribution >= 4 is 29.5 Å². The molecule has 1 aromatic carbocycles. The minimum absolute atomic E-state index is 0.272. The Morgan fingerprint density at radius 1 is 1.40 bits per heavy atom. The summed E-state index contributed by atoms with van der Waals surface area (Å²) in [4.78, 5) is 12.3. The van der Waals surface area contributed by atoms with Crippen LogP contribution in [0.5, 0.6) is 0 Å². The molecule has 0 bridgehead atoms. The summed E-state index contributed by atoms with van der Waals surface area (Å²) < 4.78 is 20.4. The number of carbonyl (C=O) groups is 1. The fourth-order valence-electron chi connectivity index (χ4n) is 1.82. The maximum atomic E-state index is 12.9. The molecule has 20 heavy (non-hydrogen) atoms. The van der Waals surface area contributed by atoms with Crippen molar-refractivity contribution in [3.05, 3.63) is 50.2 Å². The quantitative estimate of drug-likeness (QED) is 0.633. The van der Waals surface area contributed by atoms with Crippen LogP contribution < -0.4 is 0 Å². The molecule has 0 spiro atoms. The number of hydrogen-bond donors (Lipinski definition) is 0. The summed E-state index contributed by atoms with van der Waals surface area (Å²) in [6.45, 7) is 4.45. The van der Waals surface area contributed by atoms with E-state index in [0.717, 1.165) is 11.3 Å². The number of nitrogens with zero attached hydrogens (tertiary/aromatic N) is 1. The van der Waals surface area contributed by atoms with E-state index < -0.39 is 0 Å². The molecule has 6 heteroatoms. The molecule has 0 fully saturated rings. The summed E-state index contributed by atoms with van der Waals surface area (Å²) in [5.74, 6) is -0.620. The zero-order chi connectivity index (χ0) is 14.7. The van der Waals surface area contributed by atoms with Gasteiger partial charge in [-0.05, 0) is 43.8 Å². The van der Waals surface area contributed by atoms with E-state index in [-0.39, 0.29) is 11.8 Å². The van der Waals surface area contributed by atoms with E-state index in [1.165, 1.54) is 23.5 Å². The van der Waals surface area contributed by atoms with Crippen LogP contribution in [0.3, 0.4) is 0 Å². The number of halogens is 1. The highest BCUT2D eigenvalue weighted by Crippen LogP contribution is 2.21. The zero-order valence-electron chi connectivity index (χ0n) is 11.2. The van der Waals surface area contributed by atoms with Crippen molar-refractivity contribution in [2.75, 3.05) is 6.61 Å². The van der Waals surface area contributed by atoms with Gasteiger partial charge in [-0.1, -0.05) is 23.5 Å². The molecule has 0 radical (unpaired) electrons. The van der Waals surface area contributed by atoms with Gasteiger partial charge < -0.3 is 9.30 Å². The Kier molecular flexibility index (Phi) is 4.67. The number of aromatic nitrogens is 1. The first-order valence-corrected chi connectivity index (χ1v) is 7.37. The monoisotopic (exact) mass is 311 g/mol. The van der Waals surface area contributed by atoms with E-state index >= 15 is 0 Å². The number of esters is 1. The Labute approximate surface area is 125 Å². The van der Waals surface area contributed by atoms with Crippen LogP contribution in [0.25, 0.3) is 0 Å². The molecule has 0 aliphatic rings. The fourth-order valence-corrected chi connectivity index (χ4v) is 3.16. The van der Waals surface area contributed by atoms with E-state index in [4.69, 9.17) is 17.0 Å². The van der Waals surface area contributed by atoms with Gasteiger partial charge in [0.25, 0.3) is 0 Å². The van der Waals surface area contributed by atoms with Crippen LogP contribution in [0.15, 0.2) is 24.3 Å². The van der Waals surface area contributed by atoms with Crippen LogP contribution >= 0.6 is 23.6 Å².